The molecule has 1 aromatic rings. The Hall–Kier alpha value is -1.57. The third kappa shape index (κ3) is 4.55. The van der Waals surface area contributed by atoms with Crippen molar-refractivity contribution in [3.63, 3.8) is 0 Å². The number of benzene rings is 1. The molecular formula is C17H25NO. The number of allylic oxidation sites excluding steroid dienone is 1. The van der Waals surface area contributed by atoms with E-state index in [2.05, 4.69) is 45.9 Å². The minimum atomic E-state index is -0.138. The maximum absolute atomic E-state index is 12.0. The maximum atomic E-state index is 12.0. The van der Waals surface area contributed by atoms with E-state index in [9.17, 15) is 4.79 Å². The van der Waals surface area contributed by atoms with Crippen LogP contribution in [0.2, 0.25) is 0 Å². The topological polar surface area (TPSA) is 20.3 Å². The van der Waals surface area contributed by atoms with E-state index >= 15 is 0 Å². The van der Waals surface area contributed by atoms with Gasteiger partial charge >= 0.3 is 0 Å². The molecule has 0 atom stereocenters. The summed E-state index contributed by atoms with van der Waals surface area (Å²) in [5, 5.41) is 0. The largest absolute Gasteiger partial charge is 0.334 e. The monoisotopic (exact) mass is 259 g/mol. The second-order valence-electron chi connectivity index (χ2n) is 5.78. The number of carbonyl (C=O) groups excluding carboxylic acids is 1. The first-order valence-electron chi connectivity index (χ1n) is 6.89. The van der Waals surface area contributed by atoms with Gasteiger partial charge < -0.3 is 4.90 Å². The Morgan fingerprint density at radius 3 is 2.26 bits per heavy atom. The van der Waals surface area contributed by atoms with Crippen LogP contribution in [-0.2, 0) is 4.79 Å². The molecule has 0 saturated carbocycles. The molecule has 19 heavy (non-hydrogen) atoms. The van der Waals surface area contributed by atoms with Crippen molar-refractivity contribution in [2.75, 3.05) is 6.54 Å². The lowest BCUT2D eigenvalue weighted by molar-refractivity contribution is -0.134. The van der Waals surface area contributed by atoms with E-state index in [0.717, 1.165) is 0 Å². The van der Waals surface area contributed by atoms with Crippen LogP contribution in [0.15, 0.2) is 36.4 Å². The van der Waals surface area contributed by atoms with Crippen molar-refractivity contribution in [3.8, 4) is 0 Å². The zero-order chi connectivity index (χ0) is 14.5. The van der Waals surface area contributed by atoms with Gasteiger partial charge in [-0.3, -0.25) is 4.79 Å². The van der Waals surface area contributed by atoms with Gasteiger partial charge in [-0.05, 0) is 38.8 Å². The van der Waals surface area contributed by atoms with Crippen molar-refractivity contribution in [1.29, 1.82) is 0 Å². The molecular weight excluding hydrogens is 234 g/mol. The number of hydrogen-bond donors (Lipinski definition) is 0. The van der Waals surface area contributed by atoms with E-state index in [1.165, 1.54) is 11.1 Å². The molecule has 0 aromatic heterocycles. The van der Waals surface area contributed by atoms with E-state index in [-0.39, 0.29) is 11.4 Å². The Balaban J connectivity index is 2.84. The molecule has 0 bridgehead atoms. The molecule has 0 radical (unpaired) electrons. The maximum Gasteiger partial charge on any atom is 0.223 e. The summed E-state index contributed by atoms with van der Waals surface area (Å²) in [6, 6.07) is 10.3. The smallest absolute Gasteiger partial charge is 0.223 e. The summed E-state index contributed by atoms with van der Waals surface area (Å²) in [6.07, 6.45) is 2.68. The third-order valence-electron chi connectivity index (χ3n) is 3.22. The van der Waals surface area contributed by atoms with Gasteiger partial charge in [0.2, 0.25) is 5.91 Å². The van der Waals surface area contributed by atoms with E-state index in [1.807, 2.05) is 30.0 Å². The van der Waals surface area contributed by atoms with Crippen LogP contribution in [0, 0.1) is 0 Å². The fraction of sp³-hybridized carbons (Fsp3) is 0.471. The summed E-state index contributed by atoms with van der Waals surface area (Å²) < 4.78 is 0. The summed E-state index contributed by atoms with van der Waals surface area (Å²) in [7, 11) is 0. The van der Waals surface area contributed by atoms with Gasteiger partial charge in [-0.25, -0.2) is 0 Å². The molecule has 2 heteroatoms. The van der Waals surface area contributed by atoms with Gasteiger partial charge in [0.15, 0.2) is 0 Å². The second-order valence-corrected chi connectivity index (χ2v) is 5.78. The molecule has 0 fully saturated rings. The predicted octanol–water partition coefficient (Wildman–Crippen LogP) is 4.13. The lowest BCUT2D eigenvalue weighted by atomic mass is 10.0. The standard InChI is InChI=1S/C17H25NO/c1-6-16(19)18(17(3,4)5)13-12-14(2)15-10-8-7-9-11-15/h7-12H,6,13H2,1-5H3. The van der Waals surface area contributed by atoms with E-state index in [0.29, 0.717) is 13.0 Å². The molecule has 1 rings (SSSR count). The van der Waals surface area contributed by atoms with Crippen molar-refractivity contribution in [1.82, 2.24) is 4.90 Å². The highest BCUT2D eigenvalue weighted by molar-refractivity contribution is 5.77. The van der Waals surface area contributed by atoms with Crippen LogP contribution >= 0.6 is 0 Å². The third-order valence-corrected chi connectivity index (χ3v) is 3.22. The van der Waals surface area contributed by atoms with Crippen LogP contribution in [0.1, 0.15) is 46.6 Å². The number of nitrogens with zero attached hydrogens (tertiary/aromatic N) is 1. The van der Waals surface area contributed by atoms with Gasteiger partial charge in [0, 0.05) is 18.5 Å². The highest BCUT2D eigenvalue weighted by Crippen LogP contribution is 2.17. The normalized spacial score (nSPS) is 12.4. The quantitative estimate of drug-likeness (QED) is 0.796. The molecule has 0 unspecified atom stereocenters. The Morgan fingerprint density at radius 2 is 1.79 bits per heavy atom. The zero-order valence-corrected chi connectivity index (χ0v) is 12.7. The molecule has 0 heterocycles. The molecule has 1 amide bonds. The Labute approximate surface area is 117 Å². The minimum absolute atomic E-state index is 0.138. The molecule has 0 spiro atoms. The fourth-order valence-electron chi connectivity index (χ4n) is 1.99. The summed E-state index contributed by atoms with van der Waals surface area (Å²) in [5.41, 5.74) is 2.28. The number of amides is 1. The molecule has 0 aliphatic carbocycles. The molecule has 2 nitrogen and oxygen atoms in total. The second kappa shape index (κ2) is 6.55. The SMILES string of the molecule is CCC(=O)N(CC=C(C)c1ccccc1)C(C)(C)C. The number of hydrogen-bond acceptors (Lipinski definition) is 1. The first kappa shape index (κ1) is 15.5. The summed E-state index contributed by atoms with van der Waals surface area (Å²) in [4.78, 5) is 13.9. The number of carbonyl (C=O) groups is 1. The summed E-state index contributed by atoms with van der Waals surface area (Å²) in [5.74, 6) is 0.199. The van der Waals surface area contributed by atoms with Gasteiger partial charge in [-0.1, -0.05) is 43.3 Å². The fourth-order valence-corrected chi connectivity index (χ4v) is 1.99. The average molecular weight is 259 g/mol. The van der Waals surface area contributed by atoms with E-state index in [4.69, 9.17) is 0 Å². The van der Waals surface area contributed by atoms with Crippen molar-refractivity contribution in [3.05, 3.63) is 42.0 Å². The molecule has 0 aliphatic heterocycles. The summed E-state index contributed by atoms with van der Waals surface area (Å²) >= 11 is 0. The van der Waals surface area contributed by atoms with Crippen molar-refractivity contribution < 1.29 is 4.79 Å². The first-order chi connectivity index (χ1) is 8.86. The first-order valence-corrected chi connectivity index (χ1v) is 6.89. The van der Waals surface area contributed by atoms with Crippen LogP contribution in [0.5, 0.6) is 0 Å². The highest BCUT2D eigenvalue weighted by atomic mass is 16.2. The van der Waals surface area contributed by atoms with Crippen LogP contribution in [0.3, 0.4) is 0 Å². The van der Waals surface area contributed by atoms with Crippen LogP contribution in [-0.4, -0.2) is 22.9 Å². The van der Waals surface area contributed by atoms with E-state index < -0.39 is 0 Å². The molecule has 104 valence electrons. The number of rotatable bonds is 4. The molecule has 1 aromatic carbocycles. The van der Waals surface area contributed by atoms with Gasteiger partial charge in [0.05, 0.1) is 0 Å². The minimum Gasteiger partial charge on any atom is -0.334 e. The highest BCUT2D eigenvalue weighted by Gasteiger charge is 2.23. The molecule has 0 N–H and O–H groups in total. The van der Waals surface area contributed by atoms with Crippen molar-refractivity contribution in [2.24, 2.45) is 0 Å². The van der Waals surface area contributed by atoms with Crippen LogP contribution in [0.4, 0.5) is 0 Å². The average Bonchev–Trinajstić information content (AvgIpc) is 2.37. The van der Waals surface area contributed by atoms with Crippen molar-refractivity contribution in [2.45, 2.75) is 46.6 Å². The zero-order valence-electron chi connectivity index (χ0n) is 12.7. The van der Waals surface area contributed by atoms with Crippen LogP contribution in [0.25, 0.3) is 5.57 Å². The van der Waals surface area contributed by atoms with Crippen LogP contribution < -0.4 is 0 Å². The summed E-state index contributed by atoms with van der Waals surface area (Å²) in [6.45, 7) is 10.9. The van der Waals surface area contributed by atoms with Gasteiger partial charge in [-0.2, -0.15) is 0 Å². The Bertz CT molecular complexity index is 440. The Morgan fingerprint density at radius 1 is 1.21 bits per heavy atom. The van der Waals surface area contributed by atoms with E-state index in [1.54, 1.807) is 0 Å². The van der Waals surface area contributed by atoms with Crippen molar-refractivity contribution >= 4 is 11.5 Å². The van der Waals surface area contributed by atoms with Gasteiger partial charge in [0.25, 0.3) is 0 Å². The molecule has 0 aliphatic rings. The Kier molecular flexibility index (Phi) is 5.34. The molecule has 0 saturated heterocycles. The lowest BCUT2D eigenvalue weighted by Crippen LogP contribution is -2.45. The lowest BCUT2D eigenvalue weighted by Gasteiger charge is -2.35. The predicted molar refractivity (Wildman–Crippen MR) is 81.9 cm³/mol. The van der Waals surface area contributed by atoms with Gasteiger partial charge in [-0.15, -0.1) is 0 Å². The van der Waals surface area contributed by atoms with Gasteiger partial charge in [0.1, 0.15) is 0 Å².